The number of halogens is 1. The van der Waals surface area contributed by atoms with E-state index in [9.17, 15) is 20.2 Å². The minimum atomic E-state index is -0.733. The van der Waals surface area contributed by atoms with Crippen LogP contribution in [0.5, 0.6) is 5.75 Å². The Kier molecular flexibility index (Phi) is 5.87. The second kappa shape index (κ2) is 8.08. The van der Waals surface area contributed by atoms with Crippen molar-refractivity contribution in [2.24, 2.45) is 0 Å². The number of methoxy groups -OCH3 is 1. The number of nitrogens with one attached hydrogen (secondary N) is 1. The SMILES string of the molecule is COc1ccc(/C=C(\C#N)C(=O)Nc2ccccc2[N+](=O)[O-])cc1Br. The molecule has 2 aromatic carbocycles. The predicted molar refractivity (Wildman–Crippen MR) is 96.0 cm³/mol. The van der Waals surface area contributed by atoms with Gasteiger partial charge in [0.25, 0.3) is 11.6 Å². The molecule has 8 heteroatoms. The van der Waals surface area contributed by atoms with Crippen LogP contribution in [-0.2, 0) is 4.79 Å². The number of rotatable bonds is 5. The molecule has 0 aliphatic heterocycles. The molecule has 25 heavy (non-hydrogen) atoms. The van der Waals surface area contributed by atoms with Crippen LogP contribution in [0.1, 0.15) is 5.56 Å². The van der Waals surface area contributed by atoms with Gasteiger partial charge in [-0.1, -0.05) is 18.2 Å². The highest BCUT2D eigenvalue weighted by atomic mass is 79.9. The number of anilines is 1. The number of hydrogen-bond donors (Lipinski definition) is 1. The molecule has 2 aromatic rings. The number of para-hydroxylation sites is 2. The topological polar surface area (TPSA) is 105 Å². The number of nitro benzene ring substituents is 1. The van der Waals surface area contributed by atoms with E-state index < -0.39 is 10.8 Å². The molecule has 0 heterocycles. The summed E-state index contributed by atoms with van der Waals surface area (Å²) >= 11 is 3.32. The summed E-state index contributed by atoms with van der Waals surface area (Å²) in [7, 11) is 1.52. The van der Waals surface area contributed by atoms with Gasteiger partial charge >= 0.3 is 0 Å². The van der Waals surface area contributed by atoms with E-state index in [0.29, 0.717) is 15.8 Å². The fourth-order valence-corrected chi connectivity index (χ4v) is 2.57. The molecule has 0 unspecified atom stereocenters. The zero-order valence-electron chi connectivity index (χ0n) is 13.0. The van der Waals surface area contributed by atoms with E-state index in [1.165, 1.54) is 31.4 Å². The average Bonchev–Trinajstić information content (AvgIpc) is 2.60. The smallest absolute Gasteiger partial charge is 0.292 e. The molecule has 2 rings (SSSR count). The van der Waals surface area contributed by atoms with Gasteiger partial charge in [-0.2, -0.15) is 5.26 Å². The fraction of sp³-hybridized carbons (Fsp3) is 0.0588. The van der Waals surface area contributed by atoms with Gasteiger partial charge in [-0.15, -0.1) is 0 Å². The third kappa shape index (κ3) is 4.43. The molecule has 0 atom stereocenters. The first kappa shape index (κ1) is 18.2. The summed E-state index contributed by atoms with van der Waals surface area (Å²) in [6.45, 7) is 0. The molecule has 0 bridgehead atoms. The van der Waals surface area contributed by atoms with Crippen molar-refractivity contribution in [3.63, 3.8) is 0 Å². The van der Waals surface area contributed by atoms with Gasteiger partial charge in [0.15, 0.2) is 0 Å². The van der Waals surface area contributed by atoms with Crippen LogP contribution in [-0.4, -0.2) is 17.9 Å². The molecule has 1 amide bonds. The summed E-state index contributed by atoms with van der Waals surface area (Å²) in [5.41, 5.74) is 0.187. The number of hydrogen-bond acceptors (Lipinski definition) is 5. The van der Waals surface area contributed by atoms with Crippen LogP contribution < -0.4 is 10.1 Å². The van der Waals surface area contributed by atoms with Crippen LogP contribution in [0.3, 0.4) is 0 Å². The number of nitro groups is 1. The molecule has 0 aliphatic rings. The van der Waals surface area contributed by atoms with Crippen LogP contribution >= 0.6 is 15.9 Å². The van der Waals surface area contributed by atoms with Crippen LogP contribution in [0.15, 0.2) is 52.5 Å². The second-order valence-electron chi connectivity index (χ2n) is 4.79. The maximum absolute atomic E-state index is 12.3. The van der Waals surface area contributed by atoms with Gasteiger partial charge in [0.05, 0.1) is 16.5 Å². The van der Waals surface area contributed by atoms with Crippen molar-refractivity contribution < 1.29 is 14.5 Å². The quantitative estimate of drug-likeness (QED) is 0.353. The van der Waals surface area contributed by atoms with E-state index in [-0.39, 0.29) is 16.9 Å². The molecule has 0 radical (unpaired) electrons. The van der Waals surface area contributed by atoms with Crippen molar-refractivity contribution in [2.75, 3.05) is 12.4 Å². The Morgan fingerprint density at radius 1 is 1.36 bits per heavy atom. The van der Waals surface area contributed by atoms with Crippen molar-refractivity contribution >= 4 is 39.3 Å². The van der Waals surface area contributed by atoms with Gasteiger partial charge in [0.1, 0.15) is 23.1 Å². The lowest BCUT2D eigenvalue weighted by Crippen LogP contribution is -2.14. The van der Waals surface area contributed by atoms with E-state index in [1.54, 1.807) is 30.3 Å². The maximum Gasteiger partial charge on any atom is 0.292 e. The first-order valence-corrected chi connectivity index (χ1v) is 7.75. The number of carbonyl (C=O) groups is 1. The highest BCUT2D eigenvalue weighted by Crippen LogP contribution is 2.27. The zero-order valence-corrected chi connectivity index (χ0v) is 14.6. The van der Waals surface area contributed by atoms with Crippen LogP contribution in [0.25, 0.3) is 6.08 Å². The number of nitrogens with zero attached hydrogens (tertiary/aromatic N) is 2. The summed E-state index contributed by atoms with van der Waals surface area (Å²) < 4.78 is 5.78. The summed E-state index contributed by atoms with van der Waals surface area (Å²) in [5, 5.41) is 22.6. The van der Waals surface area contributed by atoms with E-state index in [2.05, 4.69) is 21.2 Å². The van der Waals surface area contributed by atoms with Crippen LogP contribution in [0, 0.1) is 21.4 Å². The Bertz CT molecular complexity index is 903. The Morgan fingerprint density at radius 3 is 2.68 bits per heavy atom. The highest BCUT2D eigenvalue weighted by Gasteiger charge is 2.17. The molecular formula is C17H12BrN3O4. The Morgan fingerprint density at radius 2 is 2.08 bits per heavy atom. The van der Waals surface area contributed by atoms with Gasteiger partial charge in [0.2, 0.25) is 0 Å². The molecule has 0 saturated carbocycles. The van der Waals surface area contributed by atoms with Crippen LogP contribution in [0.2, 0.25) is 0 Å². The van der Waals surface area contributed by atoms with Crippen molar-refractivity contribution in [3.05, 3.63) is 68.2 Å². The normalized spacial score (nSPS) is 10.7. The lowest BCUT2D eigenvalue weighted by molar-refractivity contribution is -0.383. The Labute approximate surface area is 151 Å². The molecular weight excluding hydrogens is 390 g/mol. The molecule has 0 aliphatic carbocycles. The summed E-state index contributed by atoms with van der Waals surface area (Å²) in [5.74, 6) is -0.122. The number of ether oxygens (including phenoxy) is 1. The van der Waals surface area contributed by atoms with Gasteiger partial charge in [-0.25, -0.2) is 0 Å². The standard InChI is InChI=1S/C17H12BrN3O4/c1-25-16-7-6-11(9-13(16)18)8-12(10-19)17(22)20-14-4-2-3-5-15(14)21(23)24/h2-9H,1H3,(H,20,22)/b12-8+. The largest absolute Gasteiger partial charge is 0.496 e. The van der Waals surface area contributed by atoms with Gasteiger partial charge < -0.3 is 10.1 Å². The van der Waals surface area contributed by atoms with Crippen LogP contribution in [0.4, 0.5) is 11.4 Å². The predicted octanol–water partition coefficient (Wildman–Crippen LogP) is 3.91. The summed E-state index contributed by atoms with van der Waals surface area (Å²) in [6, 6.07) is 12.6. The van der Waals surface area contributed by atoms with E-state index >= 15 is 0 Å². The zero-order chi connectivity index (χ0) is 18.4. The maximum atomic E-state index is 12.3. The minimum absolute atomic E-state index is 0.0227. The molecule has 0 saturated heterocycles. The lowest BCUT2D eigenvalue weighted by Gasteiger charge is -2.06. The van der Waals surface area contributed by atoms with Crippen molar-refractivity contribution in [2.45, 2.75) is 0 Å². The number of benzene rings is 2. The molecule has 0 aromatic heterocycles. The fourth-order valence-electron chi connectivity index (χ4n) is 2.02. The highest BCUT2D eigenvalue weighted by molar-refractivity contribution is 9.10. The summed E-state index contributed by atoms with van der Waals surface area (Å²) in [4.78, 5) is 22.7. The van der Waals surface area contributed by atoms with E-state index in [4.69, 9.17) is 4.74 Å². The molecule has 1 N–H and O–H groups in total. The third-order valence-electron chi connectivity index (χ3n) is 3.20. The van der Waals surface area contributed by atoms with Gasteiger partial charge in [-0.3, -0.25) is 14.9 Å². The monoisotopic (exact) mass is 401 g/mol. The third-order valence-corrected chi connectivity index (χ3v) is 3.82. The van der Waals surface area contributed by atoms with E-state index in [0.717, 1.165) is 0 Å². The molecule has 0 spiro atoms. The first-order valence-electron chi connectivity index (χ1n) is 6.96. The number of carbonyl (C=O) groups excluding carboxylic acids is 1. The van der Waals surface area contributed by atoms with Gasteiger partial charge in [-0.05, 0) is 45.8 Å². The summed E-state index contributed by atoms with van der Waals surface area (Å²) in [6.07, 6.45) is 1.38. The minimum Gasteiger partial charge on any atom is -0.496 e. The van der Waals surface area contributed by atoms with Crippen molar-refractivity contribution in [1.82, 2.24) is 0 Å². The Hall–Kier alpha value is -3.18. The van der Waals surface area contributed by atoms with Crippen molar-refractivity contribution in [3.8, 4) is 11.8 Å². The first-order chi connectivity index (χ1) is 12.0. The van der Waals surface area contributed by atoms with E-state index in [1.807, 2.05) is 0 Å². The van der Waals surface area contributed by atoms with Crippen molar-refractivity contribution in [1.29, 1.82) is 5.26 Å². The lowest BCUT2D eigenvalue weighted by atomic mass is 10.1. The van der Waals surface area contributed by atoms with Gasteiger partial charge in [0, 0.05) is 6.07 Å². The molecule has 0 fully saturated rings. The molecule has 126 valence electrons. The molecule has 7 nitrogen and oxygen atoms in total. The number of nitriles is 1. The Balaban J connectivity index is 2.29. The second-order valence-corrected chi connectivity index (χ2v) is 5.65. The number of amides is 1. The average molecular weight is 402 g/mol.